The first kappa shape index (κ1) is 22.8. The van der Waals surface area contributed by atoms with Gasteiger partial charge in [-0.2, -0.15) is 0 Å². The van der Waals surface area contributed by atoms with Gasteiger partial charge in [0.2, 0.25) is 0 Å². The maximum Gasteiger partial charge on any atom is 0.333 e. The maximum atomic E-state index is 6.24. The Kier molecular flexibility index (Phi) is 4.15. The molecule has 0 amide bonds. The molecule has 2 aromatic heterocycles. The molecule has 0 spiro atoms. The quantitative estimate of drug-likeness (QED) is 0.187. The molecule has 3 nitrogen and oxygen atoms in total. The van der Waals surface area contributed by atoms with Gasteiger partial charge in [-0.25, -0.2) is 0 Å². The zero-order valence-corrected chi connectivity index (χ0v) is 23.7. The molecule has 0 saturated carbocycles. The van der Waals surface area contributed by atoms with Crippen molar-refractivity contribution in [1.29, 1.82) is 0 Å². The van der Waals surface area contributed by atoms with Crippen LogP contribution in [0.5, 0.6) is 0 Å². The summed E-state index contributed by atoms with van der Waals surface area (Å²) in [5.74, 6) is 0. The number of rotatable bonds is 1. The Bertz CT molecular complexity index is 2690. The van der Waals surface area contributed by atoms with Crippen molar-refractivity contribution in [2.24, 2.45) is 0 Å². The standard InChI is InChI=1S/C40H23BN2O/c1-3-12-26-24(9-1)11-7-18-34(26)42-39-27-13-4-2-10-25(27)19-20-33(39)41-37-32(23-36-31(40(37)42)21-22-44-36)30-16-8-15-29-28-14-5-6-17-35(28)43(41)38(29)30/h1-23H. The summed E-state index contributed by atoms with van der Waals surface area (Å²) in [6.07, 6.45) is 1.85. The van der Waals surface area contributed by atoms with Gasteiger partial charge >= 0.3 is 6.85 Å². The number of aromatic nitrogens is 1. The lowest BCUT2D eigenvalue weighted by Gasteiger charge is -2.41. The summed E-state index contributed by atoms with van der Waals surface area (Å²) in [6, 6.07) is 49.0. The molecule has 4 heterocycles. The Morgan fingerprint density at radius 3 is 2.16 bits per heavy atom. The molecule has 7 aromatic carbocycles. The number of hydrogen-bond donors (Lipinski definition) is 0. The molecule has 2 aliphatic heterocycles. The Balaban J connectivity index is 1.41. The van der Waals surface area contributed by atoms with Crippen LogP contribution in [0.25, 0.3) is 65.4 Å². The lowest BCUT2D eigenvalue weighted by Crippen LogP contribution is -2.56. The Morgan fingerprint density at radius 1 is 0.523 bits per heavy atom. The zero-order chi connectivity index (χ0) is 28.5. The molecular weight excluding hydrogens is 535 g/mol. The number of furan rings is 1. The molecule has 9 aromatic rings. The van der Waals surface area contributed by atoms with Gasteiger partial charge in [-0.05, 0) is 51.5 Å². The molecule has 44 heavy (non-hydrogen) atoms. The van der Waals surface area contributed by atoms with E-state index in [-0.39, 0.29) is 6.85 Å². The van der Waals surface area contributed by atoms with Crippen LogP contribution < -0.4 is 15.8 Å². The van der Waals surface area contributed by atoms with E-state index in [4.69, 9.17) is 4.42 Å². The van der Waals surface area contributed by atoms with Crippen molar-refractivity contribution in [2.75, 3.05) is 4.90 Å². The summed E-state index contributed by atoms with van der Waals surface area (Å²) in [5.41, 5.74) is 12.2. The van der Waals surface area contributed by atoms with Crippen LogP contribution in [0.15, 0.2) is 144 Å². The van der Waals surface area contributed by atoms with Gasteiger partial charge in [0.25, 0.3) is 0 Å². The molecule has 0 atom stereocenters. The van der Waals surface area contributed by atoms with Crippen molar-refractivity contribution in [2.45, 2.75) is 0 Å². The normalized spacial score (nSPS) is 13.4. The molecule has 0 N–H and O–H groups in total. The Morgan fingerprint density at radius 2 is 1.25 bits per heavy atom. The van der Waals surface area contributed by atoms with Gasteiger partial charge in [0, 0.05) is 43.5 Å². The Labute approximate surface area is 253 Å². The fourth-order valence-electron chi connectivity index (χ4n) is 8.31. The van der Waals surface area contributed by atoms with Gasteiger partial charge in [0.1, 0.15) is 5.58 Å². The van der Waals surface area contributed by atoms with E-state index in [1.165, 1.54) is 82.5 Å². The summed E-state index contributed by atoms with van der Waals surface area (Å²) in [4.78, 5) is 2.55. The van der Waals surface area contributed by atoms with Crippen LogP contribution in [0.3, 0.4) is 0 Å². The summed E-state index contributed by atoms with van der Waals surface area (Å²) in [7, 11) is 0. The van der Waals surface area contributed by atoms with Crippen LogP contribution in [0, 0.1) is 0 Å². The predicted octanol–water partition coefficient (Wildman–Crippen LogP) is 9.26. The van der Waals surface area contributed by atoms with Gasteiger partial charge in [-0.1, -0.05) is 109 Å². The maximum absolute atomic E-state index is 6.24. The summed E-state index contributed by atoms with van der Waals surface area (Å²) < 4.78 is 8.86. The first-order valence-corrected chi connectivity index (χ1v) is 15.2. The van der Waals surface area contributed by atoms with E-state index in [1.807, 2.05) is 6.26 Å². The molecule has 2 aliphatic rings. The zero-order valence-electron chi connectivity index (χ0n) is 23.7. The molecule has 4 heteroatoms. The monoisotopic (exact) mass is 558 g/mol. The average Bonchev–Trinajstić information content (AvgIpc) is 3.69. The van der Waals surface area contributed by atoms with E-state index >= 15 is 0 Å². The fraction of sp³-hybridized carbons (Fsp3) is 0. The molecule has 0 bridgehead atoms. The van der Waals surface area contributed by atoms with Crippen molar-refractivity contribution >= 4 is 89.2 Å². The van der Waals surface area contributed by atoms with E-state index in [9.17, 15) is 0 Å². The minimum atomic E-state index is 0.00225. The third-order valence-electron chi connectivity index (χ3n) is 10.0. The number of hydrogen-bond acceptors (Lipinski definition) is 2. The number of anilines is 3. The fourth-order valence-corrected chi connectivity index (χ4v) is 8.31. The predicted molar refractivity (Wildman–Crippen MR) is 185 cm³/mol. The first-order valence-electron chi connectivity index (χ1n) is 15.2. The number of para-hydroxylation sites is 2. The summed E-state index contributed by atoms with van der Waals surface area (Å²) in [6.45, 7) is 0.00225. The molecule has 0 fully saturated rings. The van der Waals surface area contributed by atoms with Gasteiger partial charge in [-0.15, -0.1) is 0 Å². The van der Waals surface area contributed by atoms with Crippen molar-refractivity contribution in [3.8, 4) is 11.1 Å². The van der Waals surface area contributed by atoms with Crippen LogP contribution in [-0.4, -0.2) is 11.3 Å². The lowest BCUT2D eigenvalue weighted by molar-refractivity contribution is 0.616. The molecule has 202 valence electrons. The second kappa shape index (κ2) is 8.00. The first-order chi connectivity index (χ1) is 21.9. The van der Waals surface area contributed by atoms with E-state index in [0.717, 1.165) is 11.0 Å². The van der Waals surface area contributed by atoms with E-state index in [1.54, 1.807) is 0 Å². The topological polar surface area (TPSA) is 21.3 Å². The van der Waals surface area contributed by atoms with Crippen molar-refractivity contribution in [3.05, 3.63) is 140 Å². The van der Waals surface area contributed by atoms with E-state index in [0.29, 0.717) is 0 Å². The van der Waals surface area contributed by atoms with Crippen LogP contribution in [0.1, 0.15) is 0 Å². The highest BCUT2D eigenvalue weighted by atomic mass is 16.3. The second-order valence-corrected chi connectivity index (χ2v) is 12.1. The lowest BCUT2D eigenvalue weighted by atomic mass is 9.44. The highest BCUT2D eigenvalue weighted by molar-refractivity contribution is 6.90. The smallest absolute Gasteiger partial charge is 0.333 e. The highest BCUT2D eigenvalue weighted by Crippen LogP contribution is 2.50. The number of benzene rings is 7. The van der Waals surface area contributed by atoms with Gasteiger partial charge in [0.05, 0.1) is 23.3 Å². The largest absolute Gasteiger partial charge is 0.464 e. The van der Waals surface area contributed by atoms with E-state index < -0.39 is 0 Å². The Hall–Kier alpha value is -5.74. The van der Waals surface area contributed by atoms with Crippen LogP contribution in [0.2, 0.25) is 0 Å². The third-order valence-corrected chi connectivity index (χ3v) is 10.0. The van der Waals surface area contributed by atoms with Crippen molar-refractivity contribution < 1.29 is 4.42 Å². The van der Waals surface area contributed by atoms with Crippen molar-refractivity contribution in [3.63, 3.8) is 0 Å². The minimum Gasteiger partial charge on any atom is -0.464 e. The molecule has 0 saturated heterocycles. The SMILES string of the molecule is c1ccc2c(N3c4c(ccc5ccccc45)B4c5c(cc6occc6c53)-c3cccc5c6ccccc6n4c35)cccc2c1. The average molecular weight is 558 g/mol. The molecule has 0 aliphatic carbocycles. The molecule has 11 rings (SSSR count). The van der Waals surface area contributed by atoms with Crippen LogP contribution >= 0.6 is 0 Å². The van der Waals surface area contributed by atoms with E-state index in [2.05, 4.69) is 143 Å². The second-order valence-electron chi connectivity index (χ2n) is 12.1. The summed E-state index contributed by atoms with van der Waals surface area (Å²) >= 11 is 0. The summed E-state index contributed by atoms with van der Waals surface area (Å²) in [5, 5.41) is 8.66. The molecule has 0 radical (unpaired) electrons. The molecular formula is C40H23BN2O. The van der Waals surface area contributed by atoms with Crippen LogP contribution in [0.4, 0.5) is 17.1 Å². The highest BCUT2D eigenvalue weighted by Gasteiger charge is 2.44. The number of fused-ring (bicyclic) bond motifs is 12. The van der Waals surface area contributed by atoms with Crippen molar-refractivity contribution in [1.82, 2.24) is 4.48 Å². The van der Waals surface area contributed by atoms with Gasteiger partial charge < -0.3 is 13.8 Å². The number of nitrogens with zero attached hydrogens (tertiary/aromatic N) is 2. The van der Waals surface area contributed by atoms with Gasteiger partial charge in [-0.3, -0.25) is 0 Å². The van der Waals surface area contributed by atoms with Gasteiger partial charge in [0.15, 0.2) is 0 Å². The van der Waals surface area contributed by atoms with Crippen LogP contribution in [-0.2, 0) is 0 Å². The third kappa shape index (κ3) is 2.66. The molecule has 0 unspecified atom stereocenters. The minimum absolute atomic E-state index is 0.00225.